The molecule has 0 atom stereocenters. The molecule has 0 aliphatic heterocycles. The predicted octanol–water partition coefficient (Wildman–Crippen LogP) is 37.3. The van der Waals surface area contributed by atoms with Crippen molar-refractivity contribution in [1.82, 2.24) is 0 Å². The van der Waals surface area contributed by atoms with Crippen LogP contribution in [0.25, 0.3) is 44.5 Å². The lowest BCUT2D eigenvalue weighted by Crippen LogP contribution is -2.15. The van der Waals surface area contributed by atoms with E-state index in [0.29, 0.717) is 95.9 Å². The van der Waals surface area contributed by atoms with Crippen molar-refractivity contribution in [2.45, 2.75) is 569 Å². The Morgan fingerprint density at radius 2 is 0.199 bits per heavy atom. The molecule has 0 saturated carbocycles. The molecule has 4 aromatic rings. The molecule has 0 N–H and O–H groups in total. The molecule has 136 heavy (non-hydrogen) atoms. The van der Waals surface area contributed by atoms with Gasteiger partial charge in [-0.25, -0.2) is 0 Å². The van der Waals surface area contributed by atoms with Crippen molar-refractivity contribution in [3.05, 3.63) is 48.5 Å². The van der Waals surface area contributed by atoms with Crippen LogP contribution in [0.1, 0.15) is 569 Å². The van der Waals surface area contributed by atoms with Gasteiger partial charge < -0.3 is 37.9 Å². The zero-order valence-electron chi connectivity index (χ0n) is 87.7. The van der Waals surface area contributed by atoms with Crippen LogP contribution in [0.3, 0.4) is 0 Å². The van der Waals surface area contributed by atoms with E-state index < -0.39 is 47.8 Å². The van der Waals surface area contributed by atoms with Crippen molar-refractivity contribution in [2.24, 2.45) is 0 Å². The maximum absolute atomic E-state index is 14.9. The highest BCUT2D eigenvalue weighted by atomic mass is 16.6. The number of benzene rings is 4. The fourth-order valence-corrected chi connectivity index (χ4v) is 18.7. The topological polar surface area (TPSA) is 210 Å². The Balaban J connectivity index is 1.96. The highest BCUT2D eigenvalue weighted by molar-refractivity contribution is 6.07. The minimum absolute atomic E-state index is 0.0660. The van der Waals surface area contributed by atoms with Crippen LogP contribution in [-0.2, 0) is 38.4 Å². The molecule has 16 nitrogen and oxygen atoms in total. The summed E-state index contributed by atoms with van der Waals surface area (Å²) in [6, 6.07) is 13.4. The van der Waals surface area contributed by atoms with Gasteiger partial charge in [-0.3, -0.25) is 38.4 Å². The number of unbranched alkanes of at least 4 members (excludes halogenated alkanes) is 64. The molecule has 0 unspecified atom stereocenters. The Morgan fingerprint density at radius 1 is 0.125 bits per heavy atom. The lowest BCUT2D eigenvalue weighted by atomic mass is 9.80. The number of carbonyl (C=O) groups is 8. The smallest absolute Gasteiger partial charge is 0.311 e. The number of hydrogen-bond acceptors (Lipinski definition) is 16. The zero-order valence-corrected chi connectivity index (χ0v) is 87.7. The number of ether oxygens (including phenoxy) is 8. The van der Waals surface area contributed by atoms with Gasteiger partial charge in [0.25, 0.3) is 0 Å². The summed E-state index contributed by atoms with van der Waals surface area (Å²) >= 11 is 0. The van der Waals surface area contributed by atoms with Crippen LogP contribution in [0.4, 0.5) is 0 Å². The van der Waals surface area contributed by atoms with Gasteiger partial charge in [0.2, 0.25) is 0 Å². The van der Waals surface area contributed by atoms with Crippen molar-refractivity contribution >= 4 is 47.8 Å². The van der Waals surface area contributed by atoms with Crippen LogP contribution >= 0.6 is 0 Å². The average molecular weight is 1890 g/mol. The van der Waals surface area contributed by atoms with E-state index in [1.807, 2.05) is 0 Å². The summed E-state index contributed by atoms with van der Waals surface area (Å²) in [5, 5.41) is 0. The van der Waals surface area contributed by atoms with E-state index in [9.17, 15) is 38.4 Å². The standard InChI is InChI=1S/C120H192O16/c1-9-17-25-33-41-49-57-65-73-81-113(121)129-105-89-97-98(90-106(105)130-114(122)82-74-66-58-50-42-34-26-18-10-2)100-92-108(132-116(124)84-76-68-60-52-44-36-28-20-12-4)110(134-118(126)86-78-70-62-54-46-38-30-22-14-6)94-102(100)104-96-112(136-120(128)88-80-72-64-56-48-40-32-24-16-8)111(135-119(127)87-79-71-63-55-47-39-31-23-15-7)95-103(104)101-93-109(133-117(125)85-77-69-61-53-45-37-29-21-13-5)107(91-99(97)101)131-115(123)83-75-67-59-51-43-35-27-19-11-3/h89-96H,9-88H2,1-8H3. The molecule has 16 heteroatoms. The van der Waals surface area contributed by atoms with Crippen LogP contribution in [0.15, 0.2) is 48.5 Å². The first-order valence-corrected chi connectivity index (χ1v) is 57.0. The van der Waals surface area contributed by atoms with Crippen LogP contribution < -0.4 is 37.9 Å². The Morgan fingerprint density at radius 3 is 0.279 bits per heavy atom. The van der Waals surface area contributed by atoms with E-state index in [4.69, 9.17) is 37.9 Å². The van der Waals surface area contributed by atoms with E-state index >= 15 is 0 Å². The highest BCUT2D eigenvalue weighted by Gasteiger charge is 2.34. The van der Waals surface area contributed by atoms with E-state index in [-0.39, 0.29) is 97.4 Å². The molecule has 0 heterocycles. The van der Waals surface area contributed by atoms with Gasteiger partial charge in [0.1, 0.15) is 0 Å². The summed E-state index contributed by atoms with van der Waals surface area (Å²) in [4.78, 5) is 119. The van der Waals surface area contributed by atoms with E-state index in [1.165, 1.54) is 205 Å². The molecule has 4 aromatic carbocycles. The van der Waals surface area contributed by atoms with Crippen molar-refractivity contribution < 1.29 is 76.3 Å². The fraction of sp³-hybridized carbons (Fsp3) is 0.733. The molecule has 0 saturated heterocycles. The second kappa shape index (κ2) is 79.3. The summed E-state index contributed by atoms with van der Waals surface area (Å²) in [5.41, 5.74) is 2.76. The summed E-state index contributed by atoms with van der Waals surface area (Å²) in [7, 11) is 0. The molecule has 0 radical (unpaired) electrons. The van der Waals surface area contributed by atoms with Gasteiger partial charge in [-0.05, 0) is 144 Å². The Kier molecular flexibility index (Phi) is 69.5. The minimum Gasteiger partial charge on any atom is -0.422 e. The molecule has 1 aliphatic carbocycles. The van der Waals surface area contributed by atoms with Gasteiger partial charge >= 0.3 is 47.8 Å². The van der Waals surface area contributed by atoms with Crippen LogP contribution in [0.5, 0.6) is 46.0 Å². The largest absolute Gasteiger partial charge is 0.422 e. The predicted molar refractivity (Wildman–Crippen MR) is 562 cm³/mol. The highest BCUT2D eigenvalue weighted by Crippen LogP contribution is 2.57. The lowest BCUT2D eigenvalue weighted by molar-refractivity contribution is -0.137. The summed E-state index contributed by atoms with van der Waals surface area (Å²) in [6.45, 7) is 17.8. The number of esters is 8. The summed E-state index contributed by atoms with van der Waals surface area (Å²) < 4.78 is 53.0. The molecular formula is C120H192O16. The molecule has 768 valence electrons. The number of carbonyl (C=O) groups excluding carboxylic acids is 8. The van der Waals surface area contributed by atoms with Crippen LogP contribution in [0, 0.1) is 0 Å². The third-order valence-electron chi connectivity index (χ3n) is 27.2. The van der Waals surface area contributed by atoms with E-state index in [2.05, 4.69) is 55.4 Å². The number of hydrogen-bond donors (Lipinski definition) is 0. The average Bonchev–Trinajstić information content (AvgIpc) is 0.722. The monoisotopic (exact) mass is 1890 g/mol. The number of fused-ring (bicyclic) bond motifs is 8. The van der Waals surface area contributed by atoms with Gasteiger partial charge in [0.05, 0.1) is 0 Å². The van der Waals surface area contributed by atoms with E-state index in [1.54, 1.807) is 48.5 Å². The van der Waals surface area contributed by atoms with Crippen molar-refractivity contribution in [3.8, 4) is 90.5 Å². The molecular weight excluding hydrogens is 1700 g/mol. The van der Waals surface area contributed by atoms with Gasteiger partial charge in [0, 0.05) is 51.4 Å². The Bertz CT molecular complexity index is 3120. The maximum atomic E-state index is 14.9. The first-order valence-electron chi connectivity index (χ1n) is 57.0. The molecule has 0 spiro atoms. The maximum Gasteiger partial charge on any atom is 0.311 e. The molecule has 0 amide bonds. The summed E-state index contributed by atoms with van der Waals surface area (Å²) in [5.74, 6) is -4.86. The van der Waals surface area contributed by atoms with Crippen molar-refractivity contribution in [1.29, 1.82) is 0 Å². The first kappa shape index (κ1) is 119. The quantitative estimate of drug-likeness (QED) is 0.0201. The van der Waals surface area contributed by atoms with Gasteiger partial charge in [-0.1, -0.05) is 466 Å². The fourth-order valence-electron chi connectivity index (χ4n) is 18.7. The molecule has 1 aliphatic rings. The third-order valence-corrected chi connectivity index (χ3v) is 27.2. The molecule has 5 rings (SSSR count). The normalized spacial score (nSPS) is 11.5. The third kappa shape index (κ3) is 53.9. The second-order valence-corrected chi connectivity index (χ2v) is 39.8. The van der Waals surface area contributed by atoms with Gasteiger partial charge in [-0.15, -0.1) is 0 Å². The van der Waals surface area contributed by atoms with Gasteiger partial charge in [-0.2, -0.15) is 0 Å². The number of rotatable bonds is 88. The molecule has 0 bridgehead atoms. The minimum atomic E-state index is -0.542. The van der Waals surface area contributed by atoms with Crippen LogP contribution in [-0.4, -0.2) is 47.8 Å². The molecule has 0 aromatic heterocycles. The van der Waals surface area contributed by atoms with E-state index in [0.717, 1.165) is 205 Å². The SMILES string of the molecule is CCCCCCCCCCCC(=O)Oc1cc2c(cc1OC(=O)CCCCCCCCCCC)-c1cc(OC(=O)CCCCCCCCCCC)c(OC(=O)CCCCCCCCCCC)cc1-c1cc(OC(=O)CCCCCCCCCCC)c(OC(=O)CCCCCCCCCCC)cc1-c1cc(OC(=O)CCCCCCCCCCC)c(OC(=O)CCCCCCCCCCC)cc1-2. The molecule has 0 fully saturated rings. The Labute approximate surface area is 827 Å². The Hall–Kier alpha value is -7.36. The zero-order chi connectivity index (χ0) is 97.7. The first-order chi connectivity index (χ1) is 66.6. The lowest BCUT2D eigenvalue weighted by Gasteiger charge is -2.27. The second-order valence-electron chi connectivity index (χ2n) is 39.8. The van der Waals surface area contributed by atoms with Crippen LogP contribution in [0.2, 0.25) is 0 Å². The van der Waals surface area contributed by atoms with Crippen molar-refractivity contribution in [2.75, 3.05) is 0 Å². The van der Waals surface area contributed by atoms with Crippen molar-refractivity contribution in [3.63, 3.8) is 0 Å². The van der Waals surface area contributed by atoms with Gasteiger partial charge in [0.15, 0.2) is 46.0 Å². The summed E-state index contributed by atoms with van der Waals surface area (Å²) in [6.07, 6.45) is 74.7.